The summed E-state index contributed by atoms with van der Waals surface area (Å²) in [6.07, 6.45) is 3.23. The second-order valence-electron chi connectivity index (χ2n) is 7.47. The van der Waals surface area contributed by atoms with Gasteiger partial charge in [0.05, 0.1) is 19.8 Å². The van der Waals surface area contributed by atoms with E-state index in [1.54, 1.807) is 0 Å². The van der Waals surface area contributed by atoms with E-state index in [2.05, 4.69) is 48.0 Å². The summed E-state index contributed by atoms with van der Waals surface area (Å²) in [7, 11) is 4.30. The minimum atomic E-state index is -0.208. The van der Waals surface area contributed by atoms with E-state index >= 15 is 0 Å². The Hall–Kier alpha value is -1.08. The Bertz CT molecular complexity index is 522. The van der Waals surface area contributed by atoms with Gasteiger partial charge in [0.1, 0.15) is 6.04 Å². The zero-order valence-electron chi connectivity index (χ0n) is 16.3. The van der Waals surface area contributed by atoms with Gasteiger partial charge in [-0.15, -0.1) is 10.2 Å². The van der Waals surface area contributed by atoms with Crippen LogP contribution in [0.5, 0.6) is 0 Å². The molecule has 6 nitrogen and oxygen atoms in total. The van der Waals surface area contributed by atoms with Crippen LogP contribution in [0.4, 0.5) is 0 Å². The van der Waals surface area contributed by atoms with Gasteiger partial charge in [-0.2, -0.15) is 0 Å². The summed E-state index contributed by atoms with van der Waals surface area (Å²) >= 11 is 1.47. The van der Waals surface area contributed by atoms with Gasteiger partial charge in [0.25, 0.3) is 0 Å². The molecule has 1 atom stereocenters. The first-order valence-corrected chi connectivity index (χ1v) is 9.85. The maximum Gasteiger partial charge on any atom is 0.230 e. The third-order valence-corrected chi connectivity index (χ3v) is 4.71. The zero-order valence-corrected chi connectivity index (χ0v) is 17.1. The largest absolute Gasteiger partial charge is 0.351 e. The minimum Gasteiger partial charge on any atom is -0.351 e. The summed E-state index contributed by atoms with van der Waals surface area (Å²) in [6, 6.07) is 0.326. The molecule has 1 aromatic rings. The van der Waals surface area contributed by atoms with E-state index in [1.807, 2.05) is 20.8 Å². The molecule has 0 radical (unpaired) electrons. The number of thioether (sulfide) groups is 1. The van der Waals surface area contributed by atoms with Crippen LogP contribution in [0.1, 0.15) is 65.7 Å². The Labute approximate surface area is 150 Å². The molecule has 0 spiro atoms. The number of hydrogen-bond donors (Lipinski definition) is 2. The fourth-order valence-corrected chi connectivity index (χ4v) is 3.40. The highest BCUT2D eigenvalue weighted by molar-refractivity contribution is 7.99. The van der Waals surface area contributed by atoms with Crippen molar-refractivity contribution in [3.8, 4) is 0 Å². The second-order valence-corrected chi connectivity index (χ2v) is 8.41. The Morgan fingerprint density at radius 2 is 1.96 bits per heavy atom. The molecule has 0 aliphatic carbocycles. The maximum absolute atomic E-state index is 12.1. The van der Waals surface area contributed by atoms with Crippen molar-refractivity contribution < 1.29 is 9.69 Å². The summed E-state index contributed by atoms with van der Waals surface area (Å²) in [6.45, 7) is 11.2. The number of hydrogen-bond acceptors (Lipinski definition) is 4. The number of nitrogens with one attached hydrogen (secondary N) is 2. The summed E-state index contributed by atoms with van der Waals surface area (Å²) in [5.41, 5.74) is -0.208. The van der Waals surface area contributed by atoms with Crippen molar-refractivity contribution in [3.05, 3.63) is 5.82 Å². The van der Waals surface area contributed by atoms with Gasteiger partial charge in [-0.3, -0.25) is 4.79 Å². The first kappa shape index (κ1) is 21.0. The first-order valence-electron chi connectivity index (χ1n) is 8.86. The number of amides is 1. The number of carbonyl (C=O) groups excluding carboxylic acids is 1. The Balaban J connectivity index is 2.90. The van der Waals surface area contributed by atoms with Crippen molar-refractivity contribution >= 4 is 17.7 Å². The molecule has 0 bridgehead atoms. The summed E-state index contributed by atoms with van der Waals surface area (Å²) in [5.74, 6) is 1.43. The van der Waals surface area contributed by atoms with Crippen LogP contribution >= 0.6 is 11.8 Å². The zero-order chi connectivity index (χ0) is 18.3. The van der Waals surface area contributed by atoms with Crippen molar-refractivity contribution in [1.29, 1.82) is 0 Å². The SMILES string of the molecule is CCCCn1c(SCC(=O)NC(C)(C)C)nnc1[C@@H](CC)[NH+](C)C. The molecule has 1 rings (SSSR count). The molecule has 24 heavy (non-hydrogen) atoms. The molecule has 0 saturated carbocycles. The number of carbonyl (C=O) groups is 1. The van der Waals surface area contributed by atoms with Gasteiger partial charge in [-0.05, 0) is 27.2 Å². The van der Waals surface area contributed by atoms with Crippen LogP contribution in [0.3, 0.4) is 0 Å². The summed E-state index contributed by atoms with van der Waals surface area (Å²) in [4.78, 5) is 13.4. The molecule has 0 saturated heterocycles. The normalized spacial score (nSPS) is 13.3. The van der Waals surface area contributed by atoms with Gasteiger partial charge in [-0.1, -0.05) is 32.0 Å². The summed E-state index contributed by atoms with van der Waals surface area (Å²) in [5, 5.41) is 12.7. The third kappa shape index (κ3) is 6.43. The van der Waals surface area contributed by atoms with Gasteiger partial charge < -0.3 is 14.8 Å². The van der Waals surface area contributed by atoms with Gasteiger partial charge in [0.15, 0.2) is 11.0 Å². The average molecular weight is 357 g/mol. The highest BCUT2D eigenvalue weighted by Gasteiger charge is 2.25. The Morgan fingerprint density at radius 3 is 2.46 bits per heavy atom. The molecule has 1 aromatic heterocycles. The van der Waals surface area contributed by atoms with Gasteiger partial charge in [-0.25, -0.2) is 0 Å². The lowest BCUT2D eigenvalue weighted by atomic mass is 10.1. The van der Waals surface area contributed by atoms with E-state index in [4.69, 9.17) is 0 Å². The molecule has 0 aliphatic heterocycles. The van der Waals surface area contributed by atoms with Crippen LogP contribution in [-0.4, -0.2) is 46.1 Å². The number of rotatable bonds is 9. The van der Waals surface area contributed by atoms with Crippen LogP contribution in [0.2, 0.25) is 0 Å². The molecule has 1 amide bonds. The van der Waals surface area contributed by atoms with E-state index < -0.39 is 0 Å². The summed E-state index contributed by atoms with van der Waals surface area (Å²) < 4.78 is 2.21. The fraction of sp³-hybridized carbons (Fsp3) is 0.824. The van der Waals surface area contributed by atoms with Crippen LogP contribution in [-0.2, 0) is 11.3 Å². The quantitative estimate of drug-likeness (QED) is 0.661. The number of quaternary nitrogens is 1. The molecule has 0 aliphatic rings. The number of aromatic nitrogens is 3. The topological polar surface area (TPSA) is 64.2 Å². The molecule has 0 unspecified atom stereocenters. The van der Waals surface area contributed by atoms with E-state index in [0.717, 1.165) is 36.8 Å². The van der Waals surface area contributed by atoms with Crippen LogP contribution in [0, 0.1) is 0 Å². The van der Waals surface area contributed by atoms with E-state index in [9.17, 15) is 4.79 Å². The average Bonchev–Trinajstić information content (AvgIpc) is 2.84. The molecule has 2 N–H and O–H groups in total. The fourth-order valence-electron chi connectivity index (χ4n) is 2.62. The van der Waals surface area contributed by atoms with Crippen LogP contribution in [0.25, 0.3) is 0 Å². The number of nitrogens with zero attached hydrogens (tertiary/aromatic N) is 3. The Morgan fingerprint density at radius 1 is 1.29 bits per heavy atom. The molecule has 7 heteroatoms. The van der Waals surface area contributed by atoms with Gasteiger partial charge in [0, 0.05) is 18.5 Å². The number of unbranched alkanes of at least 4 members (excludes halogenated alkanes) is 1. The molecule has 0 aromatic carbocycles. The van der Waals surface area contributed by atoms with Crippen LogP contribution in [0.15, 0.2) is 5.16 Å². The predicted octanol–water partition coefficient (Wildman–Crippen LogP) is 1.68. The molecular weight excluding hydrogens is 322 g/mol. The van der Waals surface area contributed by atoms with Crippen molar-refractivity contribution in [2.24, 2.45) is 0 Å². The third-order valence-electron chi connectivity index (χ3n) is 3.74. The predicted molar refractivity (Wildman–Crippen MR) is 99.4 cm³/mol. The standard InChI is InChI=1S/C17H33N5OS/c1-8-10-11-22-15(13(9-2)21(6)7)19-20-16(22)24-12-14(23)18-17(3,4)5/h13H,8-12H2,1-7H3,(H,18,23)/p+1/t13-/m1/s1. The van der Waals surface area contributed by atoms with E-state index in [0.29, 0.717) is 11.8 Å². The van der Waals surface area contributed by atoms with Crippen molar-refractivity contribution in [3.63, 3.8) is 0 Å². The molecular formula is C17H34N5OS+. The lowest BCUT2D eigenvalue weighted by Gasteiger charge is -2.21. The lowest BCUT2D eigenvalue weighted by molar-refractivity contribution is -0.893. The van der Waals surface area contributed by atoms with Gasteiger partial charge in [0.2, 0.25) is 5.91 Å². The van der Waals surface area contributed by atoms with E-state index in [-0.39, 0.29) is 11.4 Å². The van der Waals surface area contributed by atoms with Crippen LogP contribution < -0.4 is 10.2 Å². The maximum atomic E-state index is 12.1. The molecule has 1 heterocycles. The van der Waals surface area contributed by atoms with Gasteiger partial charge >= 0.3 is 0 Å². The second kappa shape index (κ2) is 9.42. The van der Waals surface area contributed by atoms with Crippen molar-refractivity contribution in [2.45, 2.75) is 77.2 Å². The molecule has 138 valence electrons. The first-order chi connectivity index (χ1) is 11.2. The lowest BCUT2D eigenvalue weighted by Crippen LogP contribution is -3.06. The minimum absolute atomic E-state index is 0.0318. The highest BCUT2D eigenvalue weighted by Crippen LogP contribution is 2.21. The Kier molecular flexibility index (Phi) is 8.22. The van der Waals surface area contributed by atoms with Crippen molar-refractivity contribution in [2.75, 3.05) is 19.8 Å². The highest BCUT2D eigenvalue weighted by atomic mass is 32.2. The monoisotopic (exact) mass is 356 g/mol. The molecule has 0 fully saturated rings. The van der Waals surface area contributed by atoms with E-state index in [1.165, 1.54) is 16.7 Å². The smallest absolute Gasteiger partial charge is 0.230 e. The van der Waals surface area contributed by atoms with Crippen molar-refractivity contribution in [1.82, 2.24) is 20.1 Å².